The summed E-state index contributed by atoms with van der Waals surface area (Å²) in [6, 6.07) is 100. The molecule has 4 atom stereocenters. The molecule has 0 bridgehead atoms. The molecule has 448 valence electrons. The molecule has 17 aromatic rings. The second-order valence-corrected chi connectivity index (χ2v) is 27.5. The summed E-state index contributed by atoms with van der Waals surface area (Å²) in [6.07, 6.45) is 14.3. The molecule has 5 aliphatic carbocycles. The van der Waals surface area contributed by atoms with E-state index in [4.69, 9.17) is 8.83 Å². The Hall–Kier alpha value is -12.0. The first-order chi connectivity index (χ1) is 47.4. The lowest BCUT2D eigenvalue weighted by molar-refractivity contribution is 0.376. The largest absolute Gasteiger partial charge is 0.454 e. The number of anilines is 5. The lowest BCUT2D eigenvalue weighted by Gasteiger charge is -2.46. The fraction of sp³-hybridized carbons (Fsp3) is 0.0652. The molecule has 2 aromatic heterocycles. The predicted molar refractivity (Wildman–Crippen MR) is 400 cm³/mol. The monoisotopic (exact) mass is 1220 g/mol. The van der Waals surface area contributed by atoms with Crippen molar-refractivity contribution in [3.8, 4) is 22.3 Å². The molecule has 0 aliphatic heterocycles. The Bertz CT molecular complexity index is 6470. The lowest BCUT2D eigenvalue weighted by Crippen LogP contribution is -2.44. The van der Waals surface area contributed by atoms with Crippen LogP contribution in [0.1, 0.15) is 58.7 Å². The Kier molecular flexibility index (Phi) is 10.3. The van der Waals surface area contributed by atoms with Gasteiger partial charge in [0, 0.05) is 66.1 Å². The van der Waals surface area contributed by atoms with E-state index in [9.17, 15) is 0 Å². The minimum Gasteiger partial charge on any atom is -0.454 e. The van der Waals surface area contributed by atoms with Crippen LogP contribution in [0.25, 0.3) is 132 Å². The van der Waals surface area contributed by atoms with E-state index in [1.54, 1.807) is 0 Å². The average Bonchev–Trinajstić information content (AvgIpc) is 1.49. The third-order valence-electron chi connectivity index (χ3n) is 23.3. The number of hydrogen-bond donors (Lipinski definition) is 0. The van der Waals surface area contributed by atoms with Crippen LogP contribution in [0, 0.1) is 5.92 Å². The normalized spacial score (nSPS) is 18.6. The molecule has 5 aliphatic rings. The summed E-state index contributed by atoms with van der Waals surface area (Å²) in [5.74, 6) is 0.145. The van der Waals surface area contributed by atoms with Crippen molar-refractivity contribution in [3.63, 3.8) is 0 Å². The van der Waals surface area contributed by atoms with Crippen LogP contribution in [-0.4, -0.2) is 0 Å². The average molecular weight is 1220 g/mol. The highest BCUT2D eigenvalue weighted by Crippen LogP contribution is 2.68. The number of nitrogens with zero attached hydrogens (tertiary/aromatic N) is 2. The molecule has 0 N–H and O–H groups in total. The van der Waals surface area contributed by atoms with Crippen LogP contribution in [0.4, 0.5) is 28.4 Å². The molecule has 0 radical (unpaired) electrons. The topological polar surface area (TPSA) is 32.8 Å². The number of allylic oxidation sites excluding steroid dienone is 5. The molecule has 0 saturated carbocycles. The second-order valence-electron chi connectivity index (χ2n) is 27.5. The van der Waals surface area contributed by atoms with Gasteiger partial charge in [0.05, 0.1) is 28.4 Å². The molecule has 15 aromatic carbocycles. The smallest absolute Gasteiger partial charge is 0.159 e. The van der Waals surface area contributed by atoms with E-state index in [0.717, 1.165) is 77.7 Å². The Morgan fingerprint density at radius 3 is 1.44 bits per heavy atom. The zero-order chi connectivity index (χ0) is 62.9. The third-order valence-corrected chi connectivity index (χ3v) is 23.3. The van der Waals surface area contributed by atoms with Crippen molar-refractivity contribution in [3.05, 3.63) is 341 Å². The van der Waals surface area contributed by atoms with Crippen LogP contribution in [0.3, 0.4) is 0 Å². The molecule has 4 heteroatoms. The van der Waals surface area contributed by atoms with Crippen molar-refractivity contribution in [1.82, 2.24) is 0 Å². The summed E-state index contributed by atoms with van der Waals surface area (Å²) in [4.78, 5) is 5.17. The van der Waals surface area contributed by atoms with Gasteiger partial charge in [-0.1, -0.05) is 269 Å². The molecule has 22 rings (SSSR count). The Balaban J connectivity index is 0.843. The summed E-state index contributed by atoms with van der Waals surface area (Å²) in [7, 11) is 0. The number of benzene rings is 15. The van der Waals surface area contributed by atoms with Gasteiger partial charge < -0.3 is 18.6 Å². The van der Waals surface area contributed by atoms with Crippen molar-refractivity contribution in [2.24, 2.45) is 5.92 Å². The van der Waals surface area contributed by atoms with Gasteiger partial charge in [-0.05, 0) is 153 Å². The van der Waals surface area contributed by atoms with Gasteiger partial charge in [0.25, 0.3) is 0 Å². The molecule has 96 heavy (non-hydrogen) atoms. The molecule has 0 spiro atoms. The van der Waals surface area contributed by atoms with E-state index >= 15 is 0 Å². The van der Waals surface area contributed by atoms with Gasteiger partial charge in [-0.15, -0.1) is 0 Å². The maximum absolute atomic E-state index is 7.19. The number of furan rings is 2. The summed E-state index contributed by atoms with van der Waals surface area (Å²) in [5, 5.41) is 16.6. The minimum atomic E-state index is -0.704. The fourth-order valence-corrected chi connectivity index (χ4v) is 19.0. The molecule has 4 nitrogen and oxygen atoms in total. The first-order valence-corrected chi connectivity index (χ1v) is 33.7. The number of hydrogen-bond acceptors (Lipinski definition) is 4. The van der Waals surface area contributed by atoms with E-state index in [2.05, 4.69) is 327 Å². The molecular formula is C92H58N2O2. The molecule has 0 amide bonds. The Labute approximate surface area is 553 Å². The summed E-state index contributed by atoms with van der Waals surface area (Å²) in [5.41, 5.74) is 24.1. The first kappa shape index (κ1) is 52.5. The summed E-state index contributed by atoms with van der Waals surface area (Å²) < 4.78 is 14.4. The molecule has 2 heterocycles. The van der Waals surface area contributed by atoms with Gasteiger partial charge in [0.2, 0.25) is 0 Å². The van der Waals surface area contributed by atoms with Crippen molar-refractivity contribution in [2.45, 2.75) is 30.6 Å². The molecular weight excluding hydrogens is 1170 g/mol. The van der Waals surface area contributed by atoms with Gasteiger partial charge in [-0.2, -0.15) is 0 Å². The van der Waals surface area contributed by atoms with Crippen molar-refractivity contribution in [1.29, 1.82) is 0 Å². The van der Waals surface area contributed by atoms with E-state index < -0.39 is 10.8 Å². The highest BCUT2D eigenvalue weighted by Gasteiger charge is 2.59. The van der Waals surface area contributed by atoms with Crippen LogP contribution in [0.2, 0.25) is 0 Å². The zero-order valence-corrected chi connectivity index (χ0v) is 52.7. The SMILES string of the molecule is CC1(C2(C)c3ccccc3-c3c2cc(N(c2ccc4ccc5cccc6ccc2c4c56)c2cccc4c2oc2ccccc24)c2ccccc32)c2ccccc2-c2c1cc(N(C1=CC=C3C=Cc4cccc5c4C3C1C=C5)c1cccc3c1oc1ccccc13)c1ccccc21. The minimum absolute atomic E-state index is 0.0124. The van der Waals surface area contributed by atoms with Gasteiger partial charge in [0.15, 0.2) is 11.2 Å². The zero-order valence-electron chi connectivity index (χ0n) is 52.7. The second kappa shape index (κ2) is 18.9. The van der Waals surface area contributed by atoms with E-state index in [0.29, 0.717) is 0 Å². The van der Waals surface area contributed by atoms with Crippen molar-refractivity contribution < 1.29 is 8.83 Å². The summed E-state index contributed by atoms with van der Waals surface area (Å²) in [6.45, 7) is 5.17. The van der Waals surface area contributed by atoms with Crippen LogP contribution < -0.4 is 9.80 Å². The molecule has 0 saturated heterocycles. The van der Waals surface area contributed by atoms with Gasteiger partial charge in [0.1, 0.15) is 11.2 Å². The van der Waals surface area contributed by atoms with E-state index in [-0.39, 0.29) is 11.8 Å². The Morgan fingerprint density at radius 2 is 0.812 bits per heavy atom. The Morgan fingerprint density at radius 1 is 0.333 bits per heavy atom. The number of rotatable bonds is 7. The lowest BCUT2D eigenvalue weighted by atomic mass is 9.56. The standard InChI is InChI=1S/C92H58N2O2/c1-91(71-33-11-7-29-67(71)87-63-27-5-3-23-59(63)79(51-73(87)91)93(77-35-17-31-65-61-25-9-13-37-81(61)95-89(65)77)75-49-45-57-41-39-53-19-15-21-55-43-47-69(75)85(57)83(53)55)92(2)72-34-12-8-30-68(72)88-64-28-6-4-24-60(64)80(52-74(88)92)94(78-36-18-32-66-62-26-10-14-38-82(62)96-90(66)78)76-50-46-58-42-40-54-20-16-22-56-44-48-70(76)86(58)84(54)56/h3-52,69,85H,1-2H3. The van der Waals surface area contributed by atoms with Crippen molar-refractivity contribution >= 4 is 138 Å². The maximum atomic E-state index is 7.19. The highest BCUT2D eigenvalue weighted by atomic mass is 16.3. The van der Waals surface area contributed by atoms with Crippen LogP contribution >= 0.6 is 0 Å². The first-order valence-electron chi connectivity index (χ1n) is 33.7. The van der Waals surface area contributed by atoms with E-state index in [1.807, 2.05) is 0 Å². The third kappa shape index (κ3) is 6.63. The van der Waals surface area contributed by atoms with Gasteiger partial charge >= 0.3 is 0 Å². The summed E-state index contributed by atoms with van der Waals surface area (Å²) >= 11 is 0. The number of fused-ring (bicyclic) bond motifs is 16. The predicted octanol–water partition coefficient (Wildman–Crippen LogP) is 24.8. The maximum Gasteiger partial charge on any atom is 0.159 e. The molecule has 4 unspecified atom stereocenters. The van der Waals surface area contributed by atoms with E-state index in [1.165, 1.54) is 121 Å². The van der Waals surface area contributed by atoms with Gasteiger partial charge in [-0.25, -0.2) is 0 Å². The van der Waals surface area contributed by atoms with Crippen molar-refractivity contribution in [2.75, 3.05) is 9.80 Å². The van der Waals surface area contributed by atoms with Gasteiger partial charge in [-0.3, -0.25) is 0 Å². The van der Waals surface area contributed by atoms with Crippen LogP contribution in [0.15, 0.2) is 311 Å². The fourth-order valence-electron chi connectivity index (χ4n) is 19.0. The highest BCUT2D eigenvalue weighted by molar-refractivity contribution is 6.27. The van der Waals surface area contributed by atoms with Crippen LogP contribution in [-0.2, 0) is 10.8 Å². The van der Waals surface area contributed by atoms with Crippen LogP contribution in [0.5, 0.6) is 0 Å². The number of para-hydroxylation sites is 4. The quantitative estimate of drug-likeness (QED) is 0.149. The molecule has 0 fully saturated rings.